The molecule has 130 valence electrons. The van der Waals surface area contributed by atoms with Gasteiger partial charge in [0.05, 0.1) is 5.69 Å². The van der Waals surface area contributed by atoms with Gasteiger partial charge in [0.1, 0.15) is 0 Å². The van der Waals surface area contributed by atoms with Gasteiger partial charge < -0.3 is 19.7 Å². The van der Waals surface area contributed by atoms with Crippen LogP contribution in [0.1, 0.15) is 32.6 Å². The van der Waals surface area contributed by atoms with E-state index in [1.165, 1.54) is 11.8 Å². The van der Waals surface area contributed by atoms with Gasteiger partial charge in [-0.25, -0.2) is 0 Å². The molecule has 2 N–H and O–H groups in total. The van der Waals surface area contributed by atoms with Crippen molar-refractivity contribution < 1.29 is 24.4 Å². The molecule has 24 heavy (non-hydrogen) atoms. The largest absolute Gasteiger partial charge is 0.451 e. The highest BCUT2D eigenvalue weighted by molar-refractivity contribution is 8.00. The lowest BCUT2D eigenvalue weighted by Crippen LogP contribution is -2.43. The first-order chi connectivity index (χ1) is 11.5. The third kappa shape index (κ3) is 4.99. The Morgan fingerprint density at radius 1 is 1.29 bits per heavy atom. The first kappa shape index (κ1) is 18.8. The molecule has 1 aromatic carbocycles. The first-order valence-electron chi connectivity index (χ1n) is 8.15. The van der Waals surface area contributed by atoms with Crippen molar-refractivity contribution in [3.63, 3.8) is 0 Å². The van der Waals surface area contributed by atoms with E-state index in [2.05, 4.69) is 0 Å². The summed E-state index contributed by atoms with van der Waals surface area (Å²) in [5.41, 5.74) is -0.00916. The second-order valence-electron chi connectivity index (χ2n) is 5.58. The highest BCUT2D eigenvalue weighted by atomic mass is 32.2. The number of anilines is 1. The molecule has 1 unspecified atom stereocenters. The Balaban J connectivity index is 2.03. The summed E-state index contributed by atoms with van der Waals surface area (Å²) < 4.78 is 5.27. The fourth-order valence-electron chi connectivity index (χ4n) is 2.47. The standard InChI is InChI=1S/C16H22BNO5S/c1-2-14(19)23-16-15(20)18(11-7-3-6-10-17(21)22)12-8-4-5-9-13(12)24-16/h4-5,8-9,16,21-22H,2-3,6-7,10-11H2,1H3. The fourth-order valence-corrected chi connectivity index (χ4v) is 3.54. The predicted octanol–water partition coefficient (Wildman–Crippen LogP) is 2.05. The molecule has 6 nitrogen and oxygen atoms in total. The van der Waals surface area contributed by atoms with Gasteiger partial charge in [0.25, 0.3) is 5.91 Å². The maximum absolute atomic E-state index is 12.7. The van der Waals surface area contributed by atoms with Crippen LogP contribution in [-0.4, -0.2) is 41.0 Å². The number of ether oxygens (including phenoxy) is 1. The number of fused-ring (bicyclic) bond motifs is 1. The number of amides is 1. The summed E-state index contributed by atoms with van der Waals surface area (Å²) in [5.74, 6) is -0.611. The van der Waals surface area contributed by atoms with E-state index < -0.39 is 18.5 Å². The summed E-state index contributed by atoms with van der Waals surface area (Å²) in [6.07, 6.45) is 2.78. The Morgan fingerprint density at radius 3 is 2.75 bits per heavy atom. The second kappa shape index (κ2) is 9.10. The van der Waals surface area contributed by atoms with E-state index >= 15 is 0 Å². The van der Waals surface area contributed by atoms with Gasteiger partial charge in [-0.05, 0) is 24.9 Å². The van der Waals surface area contributed by atoms with Gasteiger partial charge in [-0.15, -0.1) is 0 Å². The van der Waals surface area contributed by atoms with Crippen LogP contribution >= 0.6 is 11.8 Å². The van der Waals surface area contributed by atoms with Crippen molar-refractivity contribution in [1.29, 1.82) is 0 Å². The number of unbranched alkanes of at least 4 members (excludes halogenated alkanes) is 2. The topological polar surface area (TPSA) is 87.1 Å². The third-order valence-corrected chi connectivity index (χ3v) is 4.84. The Labute approximate surface area is 146 Å². The molecule has 0 saturated carbocycles. The molecule has 8 heteroatoms. The summed E-state index contributed by atoms with van der Waals surface area (Å²) in [7, 11) is -1.28. The van der Waals surface area contributed by atoms with Crippen LogP contribution in [0.15, 0.2) is 29.2 Å². The van der Waals surface area contributed by atoms with E-state index in [-0.39, 0.29) is 12.3 Å². The molecule has 0 fully saturated rings. The molecule has 0 radical (unpaired) electrons. The SMILES string of the molecule is CCC(=O)OC1Sc2ccccc2N(CCCCCB(O)O)C1=O. The molecule has 0 spiro atoms. The smallest absolute Gasteiger partial charge is 0.441 e. The Bertz CT molecular complexity index is 583. The molecular weight excluding hydrogens is 329 g/mol. The van der Waals surface area contributed by atoms with Crippen LogP contribution in [0.4, 0.5) is 5.69 Å². The van der Waals surface area contributed by atoms with Crippen molar-refractivity contribution in [3.05, 3.63) is 24.3 Å². The number of benzene rings is 1. The number of thioether (sulfide) groups is 1. The Morgan fingerprint density at radius 2 is 2.04 bits per heavy atom. The summed E-state index contributed by atoms with van der Waals surface area (Å²) in [6, 6.07) is 7.56. The molecule has 0 bridgehead atoms. The lowest BCUT2D eigenvalue weighted by Gasteiger charge is -2.33. The number of para-hydroxylation sites is 1. The average molecular weight is 351 g/mol. The van der Waals surface area contributed by atoms with E-state index in [0.29, 0.717) is 19.3 Å². The van der Waals surface area contributed by atoms with E-state index in [0.717, 1.165) is 23.4 Å². The average Bonchev–Trinajstić information content (AvgIpc) is 2.56. The summed E-state index contributed by atoms with van der Waals surface area (Å²) in [5, 5.41) is 17.7. The van der Waals surface area contributed by atoms with Gasteiger partial charge >= 0.3 is 13.1 Å². The molecule has 0 aromatic heterocycles. The van der Waals surface area contributed by atoms with Gasteiger partial charge in [-0.1, -0.05) is 43.7 Å². The van der Waals surface area contributed by atoms with Crippen LogP contribution in [-0.2, 0) is 14.3 Å². The third-order valence-electron chi connectivity index (χ3n) is 3.73. The summed E-state index contributed by atoms with van der Waals surface area (Å²) >= 11 is 1.26. The lowest BCUT2D eigenvalue weighted by atomic mass is 9.83. The van der Waals surface area contributed by atoms with Gasteiger partial charge in [0.15, 0.2) is 0 Å². The number of carbonyl (C=O) groups is 2. The molecule has 1 aliphatic rings. The highest BCUT2D eigenvalue weighted by Gasteiger charge is 2.35. The van der Waals surface area contributed by atoms with Crippen molar-refractivity contribution in [3.8, 4) is 0 Å². The van der Waals surface area contributed by atoms with Crippen LogP contribution in [0.2, 0.25) is 6.32 Å². The molecular formula is C16H22BNO5S. The molecule has 0 saturated heterocycles. The number of rotatable bonds is 8. The summed E-state index contributed by atoms with van der Waals surface area (Å²) in [6.45, 7) is 2.21. The van der Waals surface area contributed by atoms with Crippen LogP contribution in [0.5, 0.6) is 0 Å². The predicted molar refractivity (Wildman–Crippen MR) is 93.7 cm³/mol. The van der Waals surface area contributed by atoms with Crippen molar-refractivity contribution in [2.24, 2.45) is 0 Å². The molecule has 0 aliphatic carbocycles. The monoisotopic (exact) mass is 351 g/mol. The molecule has 1 aromatic rings. The van der Waals surface area contributed by atoms with Gasteiger partial charge in [-0.3, -0.25) is 9.59 Å². The van der Waals surface area contributed by atoms with E-state index in [1.807, 2.05) is 24.3 Å². The molecule has 2 rings (SSSR count). The van der Waals surface area contributed by atoms with Crippen molar-refractivity contribution in [2.45, 2.75) is 49.3 Å². The highest BCUT2D eigenvalue weighted by Crippen LogP contribution is 2.39. The van der Waals surface area contributed by atoms with Crippen molar-refractivity contribution in [1.82, 2.24) is 0 Å². The molecule has 1 heterocycles. The van der Waals surface area contributed by atoms with Crippen molar-refractivity contribution >= 4 is 36.4 Å². The normalized spacial score (nSPS) is 16.7. The number of esters is 1. The second-order valence-corrected chi connectivity index (χ2v) is 6.68. The van der Waals surface area contributed by atoms with Crippen LogP contribution in [0.25, 0.3) is 0 Å². The number of hydrogen-bond acceptors (Lipinski definition) is 6. The van der Waals surface area contributed by atoms with E-state index in [9.17, 15) is 9.59 Å². The van der Waals surface area contributed by atoms with Crippen molar-refractivity contribution in [2.75, 3.05) is 11.4 Å². The van der Waals surface area contributed by atoms with Crippen LogP contribution < -0.4 is 4.90 Å². The minimum Gasteiger partial charge on any atom is -0.441 e. The van der Waals surface area contributed by atoms with E-state index in [1.54, 1.807) is 11.8 Å². The zero-order valence-electron chi connectivity index (χ0n) is 13.7. The lowest BCUT2D eigenvalue weighted by molar-refractivity contribution is -0.149. The molecule has 1 atom stereocenters. The number of nitrogens with zero attached hydrogens (tertiary/aromatic N) is 1. The van der Waals surface area contributed by atoms with E-state index in [4.69, 9.17) is 14.8 Å². The van der Waals surface area contributed by atoms with Gasteiger partial charge in [0, 0.05) is 17.9 Å². The zero-order valence-corrected chi connectivity index (χ0v) is 14.5. The van der Waals surface area contributed by atoms with Gasteiger partial charge in [-0.2, -0.15) is 0 Å². The van der Waals surface area contributed by atoms with Crippen LogP contribution in [0.3, 0.4) is 0 Å². The maximum atomic E-state index is 12.7. The Kier molecular flexibility index (Phi) is 7.14. The minimum absolute atomic E-state index is 0.220. The first-order valence-corrected chi connectivity index (χ1v) is 9.03. The number of hydrogen-bond donors (Lipinski definition) is 2. The maximum Gasteiger partial charge on any atom is 0.451 e. The Hall–Kier alpha value is -1.51. The quantitative estimate of drug-likeness (QED) is 0.423. The fraction of sp³-hybridized carbons (Fsp3) is 0.500. The zero-order chi connectivity index (χ0) is 17.5. The molecule has 1 amide bonds. The van der Waals surface area contributed by atoms with Gasteiger partial charge in [0.2, 0.25) is 5.44 Å². The summed E-state index contributed by atoms with van der Waals surface area (Å²) in [4.78, 5) is 26.8. The number of carbonyl (C=O) groups excluding carboxylic acids is 2. The molecule has 1 aliphatic heterocycles. The van der Waals surface area contributed by atoms with Crippen LogP contribution in [0, 0.1) is 0 Å². The minimum atomic E-state index is -1.28.